The van der Waals surface area contributed by atoms with E-state index < -0.39 is 0 Å². The van der Waals surface area contributed by atoms with Gasteiger partial charge in [-0.05, 0) is 12.8 Å². The molecule has 2 radical (unpaired) electrons. The predicted octanol–water partition coefficient (Wildman–Crippen LogP) is 2.97. The molecule has 0 heterocycles. The Balaban J connectivity index is 2.65. The van der Waals surface area contributed by atoms with Crippen molar-refractivity contribution in [2.24, 2.45) is 0 Å². The van der Waals surface area contributed by atoms with E-state index in [2.05, 4.69) is 13.8 Å². The molecule has 0 aliphatic carbocycles. The van der Waals surface area contributed by atoms with Crippen LogP contribution in [0.5, 0.6) is 0 Å². The third kappa shape index (κ3) is 7.96. The summed E-state index contributed by atoms with van der Waals surface area (Å²) in [6.45, 7) is 8.70. The lowest BCUT2D eigenvalue weighted by molar-refractivity contribution is 0.186. The SMILES string of the molecule is [CH2]CCC[CH]OCCCC. The van der Waals surface area contributed by atoms with Gasteiger partial charge < -0.3 is 4.74 Å². The molecule has 0 aromatic rings. The van der Waals surface area contributed by atoms with Crippen LogP contribution in [0.1, 0.15) is 39.0 Å². The molecule has 0 N–H and O–H groups in total. The first-order valence-corrected chi connectivity index (χ1v) is 4.14. The molecule has 0 saturated carbocycles. The Kier molecular flexibility index (Phi) is 8.92. The van der Waals surface area contributed by atoms with Crippen LogP contribution >= 0.6 is 0 Å². The Morgan fingerprint density at radius 2 is 2.20 bits per heavy atom. The van der Waals surface area contributed by atoms with Crippen LogP contribution in [-0.4, -0.2) is 6.61 Å². The standard InChI is InChI=1S/C9H18O/c1-3-5-7-9-10-8-6-4-2/h9H,1,3-8H2,2H3. The van der Waals surface area contributed by atoms with Gasteiger partial charge in [0.1, 0.15) is 0 Å². The Hall–Kier alpha value is -0.0400. The molecule has 0 amide bonds. The molecule has 0 spiro atoms. The van der Waals surface area contributed by atoms with Crippen LogP contribution in [-0.2, 0) is 4.74 Å². The van der Waals surface area contributed by atoms with Crippen LogP contribution < -0.4 is 0 Å². The topological polar surface area (TPSA) is 9.23 Å². The third-order valence-corrected chi connectivity index (χ3v) is 1.31. The van der Waals surface area contributed by atoms with Gasteiger partial charge in [0.05, 0.1) is 6.61 Å². The van der Waals surface area contributed by atoms with Crippen molar-refractivity contribution in [3.63, 3.8) is 0 Å². The average Bonchev–Trinajstić information content (AvgIpc) is 1.97. The zero-order valence-electron chi connectivity index (χ0n) is 6.94. The molecule has 1 nitrogen and oxygen atoms in total. The molecule has 0 aromatic carbocycles. The molecule has 60 valence electrons. The van der Waals surface area contributed by atoms with Crippen LogP contribution in [0.2, 0.25) is 0 Å². The van der Waals surface area contributed by atoms with E-state index >= 15 is 0 Å². The molecule has 0 rings (SSSR count). The summed E-state index contributed by atoms with van der Waals surface area (Å²) in [4.78, 5) is 0. The van der Waals surface area contributed by atoms with Crippen LogP contribution in [0.3, 0.4) is 0 Å². The van der Waals surface area contributed by atoms with E-state index in [0.29, 0.717) is 0 Å². The van der Waals surface area contributed by atoms with Gasteiger partial charge in [-0.15, -0.1) is 0 Å². The Morgan fingerprint density at radius 3 is 2.80 bits per heavy atom. The summed E-state index contributed by atoms with van der Waals surface area (Å²) in [6, 6.07) is 0. The lowest BCUT2D eigenvalue weighted by atomic mass is 10.3. The van der Waals surface area contributed by atoms with Crippen LogP contribution in [0.4, 0.5) is 0 Å². The summed E-state index contributed by atoms with van der Waals surface area (Å²) in [5.41, 5.74) is 0. The van der Waals surface area contributed by atoms with Gasteiger partial charge in [0.15, 0.2) is 0 Å². The second kappa shape index (κ2) is 8.96. The second-order valence-corrected chi connectivity index (χ2v) is 2.39. The zero-order chi connectivity index (χ0) is 7.66. The number of hydrogen-bond acceptors (Lipinski definition) is 1. The Bertz CT molecular complexity index is 44.7. The highest BCUT2D eigenvalue weighted by atomic mass is 16.5. The maximum Gasteiger partial charge on any atom is 0.0836 e. The van der Waals surface area contributed by atoms with Crippen LogP contribution in [0.25, 0.3) is 0 Å². The smallest absolute Gasteiger partial charge is 0.0836 e. The highest BCUT2D eigenvalue weighted by Gasteiger charge is 1.87. The highest BCUT2D eigenvalue weighted by molar-refractivity contribution is 4.52. The van der Waals surface area contributed by atoms with E-state index in [9.17, 15) is 0 Å². The van der Waals surface area contributed by atoms with Gasteiger partial charge in [0.25, 0.3) is 0 Å². The van der Waals surface area contributed by atoms with Gasteiger partial charge in [0, 0.05) is 6.61 Å². The Labute approximate surface area is 64.8 Å². The predicted molar refractivity (Wildman–Crippen MR) is 44.4 cm³/mol. The average molecular weight is 142 g/mol. The van der Waals surface area contributed by atoms with E-state index in [1.165, 1.54) is 12.8 Å². The summed E-state index contributed by atoms with van der Waals surface area (Å²) < 4.78 is 5.22. The van der Waals surface area contributed by atoms with Crippen molar-refractivity contribution in [1.29, 1.82) is 0 Å². The molecular weight excluding hydrogens is 124 g/mol. The number of rotatable bonds is 7. The summed E-state index contributed by atoms with van der Waals surface area (Å²) in [5, 5.41) is 0. The minimum Gasteiger partial charge on any atom is -0.376 e. The summed E-state index contributed by atoms with van der Waals surface area (Å²) in [5.74, 6) is 0. The molecule has 0 aromatic heterocycles. The normalized spacial score (nSPS) is 10.2. The maximum atomic E-state index is 5.22. The molecule has 0 atom stereocenters. The first kappa shape index (κ1) is 9.96. The zero-order valence-corrected chi connectivity index (χ0v) is 6.94. The number of hydrogen-bond donors (Lipinski definition) is 0. The van der Waals surface area contributed by atoms with E-state index in [-0.39, 0.29) is 0 Å². The van der Waals surface area contributed by atoms with E-state index in [4.69, 9.17) is 4.74 Å². The molecule has 0 saturated heterocycles. The fraction of sp³-hybridized carbons (Fsp3) is 0.778. The van der Waals surface area contributed by atoms with Crippen molar-refractivity contribution < 1.29 is 4.74 Å². The van der Waals surface area contributed by atoms with Crippen molar-refractivity contribution in [3.8, 4) is 0 Å². The van der Waals surface area contributed by atoms with Crippen molar-refractivity contribution in [2.45, 2.75) is 39.0 Å². The fourth-order valence-electron chi connectivity index (χ4n) is 0.622. The summed E-state index contributed by atoms with van der Waals surface area (Å²) >= 11 is 0. The van der Waals surface area contributed by atoms with Crippen molar-refractivity contribution in [3.05, 3.63) is 13.5 Å². The molecule has 0 fully saturated rings. The molecule has 10 heavy (non-hydrogen) atoms. The van der Waals surface area contributed by atoms with Gasteiger partial charge in [-0.3, -0.25) is 0 Å². The van der Waals surface area contributed by atoms with Gasteiger partial charge in [0.2, 0.25) is 0 Å². The lowest BCUT2D eigenvalue weighted by Gasteiger charge is -1.99. The minimum absolute atomic E-state index is 0.883. The molecule has 0 bridgehead atoms. The summed E-state index contributed by atoms with van der Waals surface area (Å²) in [6.07, 6.45) is 5.58. The van der Waals surface area contributed by atoms with Crippen molar-refractivity contribution >= 4 is 0 Å². The first-order valence-electron chi connectivity index (χ1n) is 4.14. The molecule has 0 aliphatic rings. The van der Waals surface area contributed by atoms with Gasteiger partial charge in [-0.25, -0.2) is 0 Å². The molecule has 1 heteroatoms. The lowest BCUT2D eigenvalue weighted by Crippen LogP contribution is -1.90. The quantitative estimate of drug-likeness (QED) is 0.496. The monoisotopic (exact) mass is 142 g/mol. The third-order valence-electron chi connectivity index (χ3n) is 1.31. The maximum absolute atomic E-state index is 5.22. The summed E-state index contributed by atoms with van der Waals surface area (Å²) in [7, 11) is 0. The first-order chi connectivity index (χ1) is 4.91. The van der Waals surface area contributed by atoms with Gasteiger partial charge >= 0.3 is 0 Å². The van der Waals surface area contributed by atoms with E-state index in [1.807, 2.05) is 6.61 Å². The van der Waals surface area contributed by atoms with Crippen molar-refractivity contribution in [2.75, 3.05) is 6.61 Å². The van der Waals surface area contributed by atoms with Gasteiger partial charge in [-0.1, -0.05) is 33.1 Å². The fourth-order valence-corrected chi connectivity index (χ4v) is 0.622. The van der Waals surface area contributed by atoms with Crippen LogP contribution in [0, 0.1) is 13.5 Å². The molecular formula is C9H18O. The molecule has 0 unspecified atom stereocenters. The minimum atomic E-state index is 0.883. The molecule has 0 aliphatic heterocycles. The van der Waals surface area contributed by atoms with E-state index in [0.717, 1.165) is 25.9 Å². The Morgan fingerprint density at radius 1 is 1.40 bits per heavy atom. The number of unbranched alkanes of at least 4 members (excludes halogenated alkanes) is 3. The van der Waals surface area contributed by atoms with Crippen LogP contribution in [0.15, 0.2) is 0 Å². The van der Waals surface area contributed by atoms with Gasteiger partial charge in [-0.2, -0.15) is 0 Å². The van der Waals surface area contributed by atoms with Crippen molar-refractivity contribution in [1.82, 2.24) is 0 Å². The highest BCUT2D eigenvalue weighted by Crippen LogP contribution is 1.99. The largest absolute Gasteiger partial charge is 0.376 e. The second-order valence-electron chi connectivity index (χ2n) is 2.39. The number of ether oxygens (including phenoxy) is 1. The van der Waals surface area contributed by atoms with E-state index in [1.54, 1.807) is 0 Å².